The Morgan fingerprint density at radius 1 is 1.33 bits per heavy atom. The van der Waals surface area contributed by atoms with Crippen LogP contribution in [0, 0.1) is 4.64 Å². The predicted molar refractivity (Wildman–Crippen MR) is 75.2 cm³/mol. The first-order chi connectivity index (χ1) is 8.45. The van der Waals surface area contributed by atoms with Gasteiger partial charge in [0.2, 0.25) is 0 Å². The molecule has 0 aromatic carbocycles. The van der Waals surface area contributed by atoms with Gasteiger partial charge in [0.15, 0.2) is 0 Å². The maximum atomic E-state index is 5.23. The fourth-order valence-electron chi connectivity index (χ4n) is 1.69. The molecule has 1 N–H and O–H groups in total. The molecule has 0 atom stereocenters. The molecule has 0 saturated heterocycles. The second-order valence-corrected chi connectivity index (χ2v) is 5.79. The number of H-pyrrole nitrogens is 1. The monoisotopic (exact) mass is 259 g/mol. The van der Waals surface area contributed by atoms with Crippen molar-refractivity contribution in [3.8, 4) is 0 Å². The van der Waals surface area contributed by atoms with Gasteiger partial charge >= 0.3 is 0 Å². The highest BCUT2D eigenvalue weighted by Crippen LogP contribution is 2.20. The van der Waals surface area contributed by atoms with Crippen LogP contribution in [0.5, 0.6) is 0 Å². The standard InChI is InChI=1S/C14H17N3S/c1-14(2,3)11-8-13(18)17-12(16-11)7-10-5-4-6-15-9-10/h4-6,8-9H,7H2,1-3H3,(H,16,17,18). The van der Waals surface area contributed by atoms with Gasteiger partial charge in [-0.3, -0.25) is 4.98 Å². The molecule has 0 saturated carbocycles. The van der Waals surface area contributed by atoms with Gasteiger partial charge in [-0.15, -0.1) is 0 Å². The Labute approximate surface area is 112 Å². The van der Waals surface area contributed by atoms with Crippen molar-refractivity contribution in [2.75, 3.05) is 0 Å². The maximum Gasteiger partial charge on any atom is 0.130 e. The minimum Gasteiger partial charge on any atom is -0.346 e. The van der Waals surface area contributed by atoms with Crippen molar-refractivity contribution in [2.45, 2.75) is 32.6 Å². The number of rotatable bonds is 2. The normalized spacial score (nSPS) is 11.5. The molecule has 2 aromatic rings. The van der Waals surface area contributed by atoms with Crippen molar-refractivity contribution >= 4 is 12.2 Å². The topological polar surface area (TPSA) is 41.6 Å². The molecule has 0 spiro atoms. The lowest BCUT2D eigenvalue weighted by Gasteiger charge is -2.19. The number of aromatic amines is 1. The van der Waals surface area contributed by atoms with Gasteiger partial charge in [-0.05, 0) is 17.7 Å². The third-order valence-electron chi connectivity index (χ3n) is 2.69. The summed E-state index contributed by atoms with van der Waals surface area (Å²) in [6, 6.07) is 5.90. The van der Waals surface area contributed by atoms with Crippen LogP contribution < -0.4 is 0 Å². The number of aromatic nitrogens is 3. The minimum absolute atomic E-state index is 0.0419. The summed E-state index contributed by atoms with van der Waals surface area (Å²) in [4.78, 5) is 11.8. The highest BCUT2D eigenvalue weighted by molar-refractivity contribution is 7.71. The van der Waals surface area contributed by atoms with Crippen LogP contribution in [0.1, 0.15) is 37.9 Å². The smallest absolute Gasteiger partial charge is 0.130 e. The fraction of sp³-hybridized carbons (Fsp3) is 0.357. The van der Waals surface area contributed by atoms with Crippen molar-refractivity contribution in [3.05, 3.63) is 52.3 Å². The van der Waals surface area contributed by atoms with E-state index in [0.717, 1.165) is 23.5 Å². The Morgan fingerprint density at radius 2 is 2.11 bits per heavy atom. The van der Waals surface area contributed by atoms with Crippen LogP contribution in [0.25, 0.3) is 0 Å². The van der Waals surface area contributed by atoms with Gasteiger partial charge in [-0.25, -0.2) is 4.98 Å². The van der Waals surface area contributed by atoms with Crippen molar-refractivity contribution in [3.63, 3.8) is 0 Å². The maximum absolute atomic E-state index is 5.23. The van der Waals surface area contributed by atoms with Gasteiger partial charge in [0, 0.05) is 29.9 Å². The number of hydrogen-bond acceptors (Lipinski definition) is 3. The van der Waals surface area contributed by atoms with E-state index in [2.05, 4.69) is 35.7 Å². The molecule has 2 aromatic heterocycles. The fourth-order valence-corrected chi connectivity index (χ4v) is 1.92. The second kappa shape index (κ2) is 4.98. The molecular weight excluding hydrogens is 242 g/mol. The molecule has 4 heteroatoms. The molecule has 2 rings (SSSR count). The molecule has 0 aliphatic rings. The molecule has 0 amide bonds. The molecule has 18 heavy (non-hydrogen) atoms. The van der Waals surface area contributed by atoms with E-state index in [1.54, 1.807) is 6.20 Å². The third kappa shape index (κ3) is 3.23. The van der Waals surface area contributed by atoms with Crippen LogP contribution in [0.4, 0.5) is 0 Å². The SMILES string of the molecule is CC(C)(C)c1cc(=S)nc(Cc2cccnc2)[nH]1. The molecule has 0 aliphatic heterocycles. The summed E-state index contributed by atoms with van der Waals surface area (Å²) in [5.74, 6) is 0.889. The number of nitrogens with one attached hydrogen (secondary N) is 1. The van der Waals surface area contributed by atoms with Crippen LogP contribution in [0.15, 0.2) is 30.6 Å². The molecule has 94 valence electrons. The molecule has 0 aliphatic carbocycles. The molecule has 3 nitrogen and oxygen atoms in total. The summed E-state index contributed by atoms with van der Waals surface area (Å²) in [6.45, 7) is 6.46. The van der Waals surface area contributed by atoms with Gasteiger partial charge in [0.25, 0.3) is 0 Å². The largest absolute Gasteiger partial charge is 0.346 e. The third-order valence-corrected chi connectivity index (χ3v) is 2.90. The first-order valence-corrected chi connectivity index (χ1v) is 6.35. The van der Waals surface area contributed by atoms with Gasteiger partial charge in [0.1, 0.15) is 10.5 Å². The summed E-state index contributed by atoms with van der Waals surface area (Å²) in [5.41, 5.74) is 2.28. The Kier molecular flexibility index (Phi) is 3.57. The summed E-state index contributed by atoms with van der Waals surface area (Å²) in [5, 5.41) is 0. The molecule has 0 unspecified atom stereocenters. The van der Waals surface area contributed by atoms with E-state index in [1.165, 1.54) is 0 Å². The van der Waals surface area contributed by atoms with Crippen molar-refractivity contribution in [1.82, 2.24) is 15.0 Å². The zero-order chi connectivity index (χ0) is 13.2. The number of nitrogens with zero attached hydrogens (tertiary/aromatic N) is 2. The van der Waals surface area contributed by atoms with E-state index in [4.69, 9.17) is 12.2 Å². The Hall–Kier alpha value is -1.55. The van der Waals surface area contributed by atoms with Crippen LogP contribution >= 0.6 is 12.2 Å². The van der Waals surface area contributed by atoms with Crippen molar-refractivity contribution in [2.24, 2.45) is 0 Å². The zero-order valence-electron chi connectivity index (χ0n) is 10.9. The van der Waals surface area contributed by atoms with Crippen LogP contribution in [-0.2, 0) is 11.8 Å². The summed E-state index contributed by atoms with van der Waals surface area (Å²) >= 11 is 5.23. The predicted octanol–water partition coefficient (Wildman–Crippen LogP) is 3.42. The minimum atomic E-state index is 0.0419. The molecular formula is C14H17N3S. The average molecular weight is 259 g/mol. The van der Waals surface area contributed by atoms with Crippen LogP contribution in [0.3, 0.4) is 0 Å². The van der Waals surface area contributed by atoms with Gasteiger partial charge in [-0.2, -0.15) is 0 Å². The quantitative estimate of drug-likeness (QED) is 0.840. The van der Waals surface area contributed by atoms with E-state index in [9.17, 15) is 0 Å². The number of hydrogen-bond donors (Lipinski definition) is 1. The second-order valence-electron chi connectivity index (χ2n) is 5.37. The molecule has 0 bridgehead atoms. The summed E-state index contributed by atoms with van der Waals surface area (Å²) in [6.07, 6.45) is 4.34. The summed E-state index contributed by atoms with van der Waals surface area (Å²) in [7, 11) is 0. The Balaban J connectivity index is 2.35. The van der Waals surface area contributed by atoms with Crippen molar-refractivity contribution in [1.29, 1.82) is 0 Å². The van der Waals surface area contributed by atoms with Crippen LogP contribution in [0.2, 0.25) is 0 Å². The van der Waals surface area contributed by atoms with E-state index in [0.29, 0.717) is 4.64 Å². The van der Waals surface area contributed by atoms with E-state index in [-0.39, 0.29) is 5.41 Å². The molecule has 0 radical (unpaired) electrons. The van der Waals surface area contributed by atoms with E-state index in [1.807, 2.05) is 24.4 Å². The summed E-state index contributed by atoms with van der Waals surface area (Å²) < 4.78 is 0.637. The lowest BCUT2D eigenvalue weighted by atomic mass is 9.92. The first-order valence-electron chi connectivity index (χ1n) is 5.95. The Morgan fingerprint density at radius 3 is 2.72 bits per heavy atom. The van der Waals surface area contributed by atoms with Crippen LogP contribution in [-0.4, -0.2) is 15.0 Å². The molecule has 2 heterocycles. The van der Waals surface area contributed by atoms with E-state index < -0.39 is 0 Å². The highest BCUT2D eigenvalue weighted by atomic mass is 32.1. The molecule has 0 fully saturated rings. The van der Waals surface area contributed by atoms with E-state index >= 15 is 0 Å². The first kappa shape index (κ1) is 12.9. The lowest BCUT2D eigenvalue weighted by Crippen LogP contribution is -2.15. The van der Waals surface area contributed by atoms with Gasteiger partial charge in [0.05, 0.1) is 0 Å². The van der Waals surface area contributed by atoms with Gasteiger partial charge in [-0.1, -0.05) is 39.1 Å². The average Bonchev–Trinajstić information content (AvgIpc) is 2.28. The van der Waals surface area contributed by atoms with Gasteiger partial charge < -0.3 is 4.98 Å². The zero-order valence-corrected chi connectivity index (χ0v) is 11.7. The Bertz CT molecular complexity index is 582. The lowest BCUT2D eigenvalue weighted by molar-refractivity contribution is 0.562. The number of pyridine rings is 1. The van der Waals surface area contributed by atoms with Crippen molar-refractivity contribution < 1.29 is 0 Å². The highest BCUT2D eigenvalue weighted by Gasteiger charge is 2.15.